The van der Waals surface area contributed by atoms with Crippen LogP contribution in [0.1, 0.15) is 36.2 Å². The Labute approximate surface area is 219 Å². The number of nitrogens with zero attached hydrogens (tertiary/aromatic N) is 3. The van der Waals surface area contributed by atoms with Gasteiger partial charge in [0.05, 0.1) is 24.8 Å². The first-order valence-electron chi connectivity index (χ1n) is 11.9. The van der Waals surface area contributed by atoms with Crippen molar-refractivity contribution in [2.75, 3.05) is 18.5 Å². The van der Waals surface area contributed by atoms with Crippen LogP contribution < -0.4 is 10.1 Å². The lowest BCUT2D eigenvalue weighted by Crippen LogP contribution is -2.58. The fourth-order valence-corrected chi connectivity index (χ4v) is 4.05. The zero-order valence-corrected chi connectivity index (χ0v) is 21.3. The molecule has 1 saturated heterocycles. The average Bonchev–Trinajstić information content (AvgIpc) is 2.89. The number of aromatic nitrogens is 1. The van der Waals surface area contributed by atoms with Gasteiger partial charge < -0.3 is 14.8 Å². The van der Waals surface area contributed by atoms with Gasteiger partial charge in [0.15, 0.2) is 0 Å². The number of urea groups is 1. The van der Waals surface area contributed by atoms with Crippen molar-refractivity contribution in [3.05, 3.63) is 83.0 Å². The van der Waals surface area contributed by atoms with Gasteiger partial charge in [-0.2, -0.15) is 0 Å². The maximum Gasteiger partial charge on any atom is 0.338 e. The molecule has 2 heterocycles. The van der Waals surface area contributed by atoms with Crippen LogP contribution in [0, 0.1) is 0 Å². The molecule has 192 valence electrons. The molecule has 0 spiro atoms. The van der Waals surface area contributed by atoms with Gasteiger partial charge in [-0.1, -0.05) is 29.8 Å². The predicted octanol–water partition coefficient (Wildman–Crippen LogP) is 5.32. The number of pyridine rings is 1. The van der Waals surface area contributed by atoms with Gasteiger partial charge in [-0.15, -0.1) is 0 Å². The van der Waals surface area contributed by atoms with E-state index in [4.69, 9.17) is 21.1 Å². The lowest BCUT2D eigenvalue weighted by Gasteiger charge is -2.40. The first-order valence-corrected chi connectivity index (χ1v) is 12.3. The van der Waals surface area contributed by atoms with Crippen molar-refractivity contribution in [3.63, 3.8) is 0 Å². The van der Waals surface area contributed by atoms with Crippen LogP contribution in [0.4, 0.5) is 10.6 Å². The summed E-state index contributed by atoms with van der Waals surface area (Å²) < 4.78 is 10.9. The minimum absolute atomic E-state index is 0.105. The number of carbonyl (C=O) groups is 3. The van der Waals surface area contributed by atoms with E-state index in [2.05, 4.69) is 10.3 Å². The lowest BCUT2D eigenvalue weighted by atomic mass is 10.1. The largest absolute Gasteiger partial charge is 0.462 e. The van der Waals surface area contributed by atoms with Gasteiger partial charge in [0.25, 0.3) is 0 Å². The second-order valence-electron chi connectivity index (χ2n) is 8.27. The van der Waals surface area contributed by atoms with Crippen LogP contribution in [0.25, 0.3) is 0 Å². The van der Waals surface area contributed by atoms with Gasteiger partial charge in [-0.25, -0.2) is 14.6 Å². The monoisotopic (exact) mass is 522 g/mol. The highest BCUT2D eigenvalue weighted by molar-refractivity contribution is 6.30. The second-order valence-corrected chi connectivity index (χ2v) is 8.71. The van der Waals surface area contributed by atoms with Gasteiger partial charge in [-0.05, 0) is 61.9 Å². The van der Waals surface area contributed by atoms with E-state index in [1.54, 1.807) is 67.3 Å². The Kier molecular flexibility index (Phi) is 8.25. The van der Waals surface area contributed by atoms with Gasteiger partial charge in [0.2, 0.25) is 5.91 Å². The molecule has 0 saturated carbocycles. The van der Waals surface area contributed by atoms with Crippen LogP contribution >= 0.6 is 11.6 Å². The summed E-state index contributed by atoms with van der Waals surface area (Å²) >= 11 is 6.00. The number of esters is 1. The Hall–Kier alpha value is -4.11. The molecule has 0 radical (unpaired) electrons. The molecule has 1 aromatic heterocycles. The van der Waals surface area contributed by atoms with Crippen molar-refractivity contribution in [2.24, 2.45) is 0 Å². The Morgan fingerprint density at radius 2 is 1.86 bits per heavy atom. The third-order valence-electron chi connectivity index (χ3n) is 5.74. The van der Waals surface area contributed by atoms with E-state index in [1.165, 1.54) is 11.1 Å². The fraction of sp³-hybridized carbons (Fsp3) is 0.259. The van der Waals surface area contributed by atoms with E-state index in [1.807, 2.05) is 12.1 Å². The van der Waals surface area contributed by atoms with Crippen LogP contribution in [0.15, 0.2) is 66.9 Å². The summed E-state index contributed by atoms with van der Waals surface area (Å²) in [5.41, 5.74) is 1.27. The molecule has 2 aromatic carbocycles. The van der Waals surface area contributed by atoms with Gasteiger partial charge in [-0.3, -0.25) is 14.6 Å². The summed E-state index contributed by atoms with van der Waals surface area (Å²) in [6.07, 6.45) is 1.04. The molecule has 1 unspecified atom stereocenters. The average molecular weight is 523 g/mol. The number of amides is 3. The number of ether oxygens (including phenoxy) is 2. The number of imide groups is 1. The molecular formula is C27H27ClN4O5. The van der Waals surface area contributed by atoms with E-state index in [9.17, 15) is 14.4 Å². The summed E-state index contributed by atoms with van der Waals surface area (Å²) in [4.78, 5) is 44.9. The molecule has 3 aromatic rings. The summed E-state index contributed by atoms with van der Waals surface area (Å²) in [7, 11) is 0. The van der Waals surface area contributed by atoms with E-state index < -0.39 is 12.1 Å². The number of carbonyl (C=O) groups excluding carboxylic acids is 3. The molecule has 9 nitrogen and oxygen atoms in total. The third-order valence-corrected chi connectivity index (χ3v) is 5.99. The molecule has 1 atom stereocenters. The molecule has 1 N–H and O–H groups in total. The summed E-state index contributed by atoms with van der Waals surface area (Å²) in [6.45, 7) is 4.40. The summed E-state index contributed by atoms with van der Waals surface area (Å²) in [5, 5.41) is 3.81. The van der Waals surface area contributed by atoms with E-state index >= 15 is 0 Å². The number of hydrogen-bond donors (Lipinski definition) is 1. The van der Waals surface area contributed by atoms with Crippen molar-refractivity contribution < 1.29 is 23.9 Å². The highest BCUT2D eigenvalue weighted by Crippen LogP contribution is 2.25. The number of anilines is 1. The van der Waals surface area contributed by atoms with E-state index in [0.717, 1.165) is 5.56 Å². The van der Waals surface area contributed by atoms with Crippen LogP contribution in [0.5, 0.6) is 11.5 Å². The Bertz CT molecular complexity index is 1270. The molecule has 0 aliphatic carbocycles. The number of hydrogen-bond acceptors (Lipinski definition) is 7. The van der Waals surface area contributed by atoms with Gasteiger partial charge in [0, 0.05) is 18.1 Å². The predicted molar refractivity (Wildman–Crippen MR) is 139 cm³/mol. The molecule has 10 heteroatoms. The number of halogens is 1. The van der Waals surface area contributed by atoms with Crippen LogP contribution in [-0.4, -0.2) is 52.0 Å². The zero-order valence-electron chi connectivity index (χ0n) is 20.5. The summed E-state index contributed by atoms with van der Waals surface area (Å²) in [6, 6.07) is 16.9. The van der Waals surface area contributed by atoms with Crippen LogP contribution in [0.2, 0.25) is 5.02 Å². The zero-order chi connectivity index (χ0) is 26.4. The maximum absolute atomic E-state index is 13.1. The fourth-order valence-electron chi connectivity index (χ4n) is 3.92. The van der Waals surface area contributed by atoms with Crippen molar-refractivity contribution in [1.29, 1.82) is 0 Å². The van der Waals surface area contributed by atoms with Gasteiger partial charge in [0.1, 0.15) is 23.5 Å². The highest BCUT2D eigenvalue weighted by Gasteiger charge is 2.38. The molecule has 1 aliphatic heterocycles. The molecule has 1 aliphatic rings. The maximum atomic E-state index is 13.1. The molecule has 37 heavy (non-hydrogen) atoms. The normalized spacial score (nSPS) is 15.5. The van der Waals surface area contributed by atoms with Crippen molar-refractivity contribution in [2.45, 2.75) is 33.0 Å². The first kappa shape index (κ1) is 26.0. The van der Waals surface area contributed by atoms with Crippen LogP contribution in [-0.2, 0) is 16.1 Å². The number of rotatable bonds is 9. The Morgan fingerprint density at radius 1 is 1.08 bits per heavy atom. The van der Waals surface area contributed by atoms with Crippen molar-refractivity contribution in [1.82, 2.24) is 14.8 Å². The van der Waals surface area contributed by atoms with E-state index in [0.29, 0.717) is 41.0 Å². The molecule has 0 bridgehead atoms. The van der Waals surface area contributed by atoms with Gasteiger partial charge >= 0.3 is 12.0 Å². The topological polar surface area (TPSA) is 101 Å². The number of benzene rings is 2. The molecular weight excluding hydrogens is 496 g/mol. The van der Waals surface area contributed by atoms with Crippen molar-refractivity contribution >= 4 is 35.3 Å². The Morgan fingerprint density at radius 3 is 2.54 bits per heavy atom. The van der Waals surface area contributed by atoms with E-state index in [-0.39, 0.29) is 25.0 Å². The smallest absolute Gasteiger partial charge is 0.338 e. The minimum Gasteiger partial charge on any atom is -0.462 e. The summed E-state index contributed by atoms with van der Waals surface area (Å²) in [5.74, 6) is 0.720. The SMILES string of the molecule is CCOC(=O)c1cccc(Oc2ccc(NC3CC(=O)N(CC)C(=O)N3Cc3ccc(Cl)cc3)nc2)c1. The third kappa shape index (κ3) is 6.37. The molecule has 3 amide bonds. The standard InChI is InChI=1S/C27H27ClN4O5/c1-3-31-25(33)15-24(32(27(31)35)17-18-8-10-20(28)11-9-18)30-23-13-12-22(16-29-23)37-21-7-5-6-19(14-21)26(34)36-4-2/h5-14,16,24H,3-4,15,17H2,1-2H3,(H,29,30). The lowest BCUT2D eigenvalue weighted by molar-refractivity contribution is -0.132. The number of nitrogens with one attached hydrogen (secondary N) is 1. The minimum atomic E-state index is -0.584. The van der Waals surface area contributed by atoms with Crippen molar-refractivity contribution in [3.8, 4) is 11.5 Å². The first-order chi connectivity index (χ1) is 17.9. The molecule has 1 fully saturated rings. The quantitative estimate of drug-likeness (QED) is 0.380. The highest BCUT2D eigenvalue weighted by atomic mass is 35.5. The second kappa shape index (κ2) is 11.7. The molecule has 4 rings (SSSR count). The van der Waals surface area contributed by atoms with Crippen LogP contribution in [0.3, 0.4) is 0 Å². The Balaban J connectivity index is 1.47.